The molecule has 3 nitrogen and oxygen atoms in total. The molecule has 1 aromatic rings. The van der Waals surface area contributed by atoms with E-state index in [-0.39, 0.29) is 24.2 Å². The minimum atomic E-state index is -4.36. The van der Waals surface area contributed by atoms with E-state index in [1.807, 2.05) is 6.92 Å². The molecule has 0 spiro atoms. The molecule has 1 aliphatic rings. The normalized spacial score (nSPS) is 17.7. The molecule has 0 saturated carbocycles. The molecular weight excluding hydrogens is 317 g/mol. The molecule has 7 heteroatoms. The molecule has 0 aliphatic carbocycles. The van der Waals surface area contributed by atoms with Gasteiger partial charge in [-0.1, -0.05) is 6.92 Å². The molecule has 1 aliphatic heterocycles. The number of benzene rings is 1. The average molecular weight is 339 g/mol. The smallest absolute Gasteiger partial charge is 0.416 e. The van der Waals surface area contributed by atoms with Crippen LogP contribution in [0.5, 0.6) is 5.75 Å². The second kappa shape index (κ2) is 8.04. The summed E-state index contributed by atoms with van der Waals surface area (Å²) >= 11 is 0. The maximum Gasteiger partial charge on any atom is 0.416 e. The van der Waals surface area contributed by atoms with Crippen molar-refractivity contribution in [2.24, 2.45) is 0 Å². The van der Waals surface area contributed by atoms with E-state index in [4.69, 9.17) is 4.74 Å². The Morgan fingerprint density at radius 2 is 1.86 bits per heavy atom. The quantitative estimate of drug-likeness (QED) is 0.909. The molecule has 0 unspecified atom stereocenters. The molecule has 1 atom stereocenters. The van der Waals surface area contributed by atoms with Gasteiger partial charge in [0.25, 0.3) is 0 Å². The van der Waals surface area contributed by atoms with Gasteiger partial charge >= 0.3 is 6.18 Å². The Hall–Kier alpha value is -0.980. The number of halogens is 4. The zero-order valence-corrected chi connectivity index (χ0v) is 13.6. The van der Waals surface area contributed by atoms with Crippen LogP contribution in [0.1, 0.15) is 30.5 Å². The maximum atomic E-state index is 13.0. The fourth-order valence-electron chi connectivity index (χ4n) is 2.79. The second-order valence-electron chi connectivity index (χ2n) is 5.20. The summed E-state index contributed by atoms with van der Waals surface area (Å²) in [4.78, 5) is 2.23. The van der Waals surface area contributed by atoms with Gasteiger partial charge in [0.05, 0.1) is 12.7 Å². The van der Waals surface area contributed by atoms with Gasteiger partial charge in [-0.2, -0.15) is 13.2 Å². The summed E-state index contributed by atoms with van der Waals surface area (Å²) in [5.41, 5.74) is 0.0245. The first kappa shape index (κ1) is 19.1. The number of hydrogen-bond acceptors (Lipinski definition) is 3. The highest BCUT2D eigenvalue weighted by Crippen LogP contribution is 2.36. The fourth-order valence-corrected chi connectivity index (χ4v) is 2.79. The SMILES string of the molecule is CC[C@@H](c1cc(OC)cc(C(F)(F)F)c1)N1CCNCC1.Cl. The summed E-state index contributed by atoms with van der Waals surface area (Å²) in [6, 6.07) is 4.00. The molecule has 1 N–H and O–H groups in total. The van der Waals surface area contributed by atoms with Gasteiger partial charge in [0.1, 0.15) is 5.75 Å². The predicted molar refractivity (Wildman–Crippen MR) is 82.7 cm³/mol. The summed E-state index contributed by atoms with van der Waals surface area (Å²) in [5.74, 6) is 0.258. The van der Waals surface area contributed by atoms with Crippen molar-refractivity contribution in [3.05, 3.63) is 29.3 Å². The minimum Gasteiger partial charge on any atom is -0.497 e. The van der Waals surface area contributed by atoms with Crippen LogP contribution in [0.15, 0.2) is 18.2 Å². The van der Waals surface area contributed by atoms with E-state index >= 15 is 0 Å². The van der Waals surface area contributed by atoms with E-state index < -0.39 is 11.7 Å². The molecule has 126 valence electrons. The van der Waals surface area contributed by atoms with Gasteiger partial charge in [-0.05, 0) is 30.2 Å². The van der Waals surface area contributed by atoms with Crippen molar-refractivity contribution < 1.29 is 17.9 Å². The number of hydrogen-bond donors (Lipinski definition) is 1. The molecule has 2 rings (SSSR count). The summed E-state index contributed by atoms with van der Waals surface area (Å²) in [6.07, 6.45) is -3.59. The van der Waals surface area contributed by atoms with Crippen molar-refractivity contribution in [3.63, 3.8) is 0 Å². The number of alkyl halides is 3. The number of nitrogens with zero attached hydrogens (tertiary/aromatic N) is 1. The number of ether oxygens (including phenoxy) is 1. The summed E-state index contributed by atoms with van der Waals surface area (Å²) in [5, 5.41) is 3.26. The third-order valence-electron chi connectivity index (χ3n) is 3.86. The van der Waals surface area contributed by atoms with Gasteiger partial charge in [-0.3, -0.25) is 4.90 Å². The first-order chi connectivity index (χ1) is 9.95. The van der Waals surface area contributed by atoms with Gasteiger partial charge in [0, 0.05) is 32.2 Å². The highest BCUT2D eigenvalue weighted by atomic mass is 35.5. The lowest BCUT2D eigenvalue weighted by atomic mass is 9.99. The molecular formula is C15H22ClF3N2O. The average Bonchev–Trinajstić information content (AvgIpc) is 2.48. The van der Waals surface area contributed by atoms with E-state index in [0.717, 1.165) is 38.7 Å². The monoisotopic (exact) mass is 338 g/mol. The molecule has 0 aromatic heterocycles. The lowest BCUT2D eigenvalue weighted by Crippen LogP contribution is -2.45. The second-order valence-corrected chi connectivity index (χ2v) is 5.20. The van der Waals surface area contributed by atoms with Crippen LogP contribution >= 0.6 is 12.4 Å². The van der Waals surface area contributed by atoms with Crippen molar-refractivity contribution in [2.45, 2.75) is 25.6 Å². The standard InChI is InChI=1S/C15H21F3N2O.ClH/c1-3-14(20-6-4-19-5-7-20)11-8-12(15(16,17)18)10-13(9-11)21-2;/h8-10,14,19H,3-7H2,1-2H3;1H/t14-;/m0./s1. The molecule has 0 amide bonds. The van der Waals surface area contributed by atoms with E-state index in [9.17, 15) is 13.2 Å². The van der Waals surface area contributed by atoms with Crippen LogP contribution in [-0.2, 0) is 6.18 Å². The van der Waals surface area contributed by atoms with Crippen LogP contribution in [0.4, 0.5) is 13.2 Å². The van der Waals surface area contributed by atoms with E-state index in [1.165, 1.54) is 13.2 Å². The Balaban J connectivity index is 0.00000242. The molecule has 0 radical (unpaired) electrons. The minimum absolute atomic E-state index is 0. The zero-order chi connectivity index (χ0) is 15.5. The lowest BCUT2D eigenvalue weighted by Gasteiger charge is -2.35. The third kappa shape index (κ3) is 4.51. The molecule has 1 heterocycles. The van der Waals surface area contributed by atoms with Gasteiger partial charge in [-0.15, -0.1) is 12.4 Å². The van der Waals surface area contributed by atoms with Crippen LogP contribution in [0.25, 0.3) is 0 Å². The van der Waals surface area contributed by atoms with Crippen LogP contribution < -0.4 is 10.1 Å². The van der Waals surface area contributed by atoms with E-state index in [1.54, 1.807) is 6.07 Å². The lowest BCUT2D eigenvalue weighted by molar-refractivity contribution is -0.137. The Bertz CT molecular complexity index is 476. The molecule has 0 bridgehead atoms. The topological polar surface area (TPSA) is 24.5 Å². The largest absolute Gasteiger partial charge is 0.497 e. The molecule has 1 saturated heterocycles. The molecule has 1 fully saturated rings. The van der Waals surface area contributed by atoms with Gasteiger partial charge in [-0.25, -0.2) is 0 Å². The summed E-state index contributed by atoms with van der Waals surface area (Å²) in [7, 11) is 1.39. The number of rotatable bonds is 4. The number of nitrogens with one attached hydrogen (secondary N) is 1. The zero-order valence-electron chi connectivity index (χ0n) is 12.7. The number of piperazine rings is 1. The van der Waals surface area contributed by atoms with Crippen molar-refractivity contribution in [1.82, 2.24) is 10.2 Å². The van der Waals surface area contributed by atoms with Gasteiger partial charge in [0.2, 0.25) is 0 Å². The third-order valence-corrected chi connectivity index (χ3v) is 3.86. The first-order valence-electron chi connectivity index (χ1n) is 7.16. The summed E-state index contributed by atoms with van der Waals surface area (Å²) < 4.78 is 44.1. The Kier molecular flexibility index (Phi) is 6.97. The van der Waals surface area contributed by atoms with E-state index in [2.05, 4.69) is 10.2 Å². The fraction of sp³-hybridized carbons (Fsp3) is 0.600. The van der Waals surface area contributed by atoms with Crippen LogP contribution in [0.2, 0.25) is 0 Å². The van der Waals surface area contributed by atoms with E-state index in [0.29, 0.717) is 5.56 Å². The van der Waals surface area contributed by atoms with Gasteiger partial charge < -0.3 is 10.1 Å². The van der Waals surface area contributed by atoms with Crippen LogP contribution in [0.3, 0.4) is 0 Å². The number of methoxy groups -OCH3 is 1. The Morgan fingerprint density at radius 1 is 1.23 bits per heavy atom. The van der Waals surface area contributed by atoms with Crippen LogP contribution in [-0.4, -0.2) is 38.2 Å². The first-order valence-corrected chi connectivity index (χ1v) is 7.16. The highest BCUT2D eigenvalue weighted by Gasteiger charge is 2.32. The van der Waals surface area contributed by atoms with Crippen molar-refractivity contribution in [1.29, 1.82) is 0 Å². The van der Waals surface area contributed by atoms with Crippen molar-refractivity contribution in [2.75, 3.05) is 33.3 Å². The van der Waals surface area contributed by atoms with Crippen molar-refractivity contribution >= 4 is 12.4 Å². The van der Waals surface area contributed by atoms with Crippen LogP contribution in [0, 0.1) is 0 Å². The highest BCUT2D eigenvalue weighted by molar-refractivity contribution is 5.85. The molecule has 22 heavy (non-hydrogen) atoms. The van der Waals surface area contributed by atoms with Crippen molar-refractivity contribution in [3.8, 4) is 5.75 Å². The predicted octanol–water partition coefficient (Wildman–Crippen LogP) is 3.49. The Morgan fingerprint density at radius 3 is 2.36 bits per heavy atom. The summed E-state index contributed by atoms with van der Waals surface area (Å²) in [6.45, 7) is 5.42. The molecule has 1 aromatic carbocycles. The Labute approximate surface area is 135 Å². The maximum absolute atomic E-state index is 13.0. The van der Waals surface area contributed by atoms with Gasteiger partial charge in [0.15, 0.2) is 0 Å².